The smallest absolute Gasteiger partial charge is 0.190 e. The number of hydrogen-bond donors (Lipinski definition) is 0. The molecule has 244 valence electrons. The van der Waals surface area contributed by atoms with Crippen LogP contribution in [0.2, 0.25) is 0 Å². The Morgan fingerprint density at radius 3 is 1.16 bits per heavy atom. The predicted octanol–water partition coefficient (Wildman–Crippen LogP) is 12.9. The lowest BCUT2D eigenvalue weighted by Crippen LogP contribution is -2.21. The molecule has 5 unspecified atom stereocenters. The number of Topliss-reactive ketones (excluding diaryl/α,β-unsaturated/α-hetero) is 2. The highest BCUT2D eigenvalue weighted by atomic mass is 16.1. The second-order valence-corrected chi connectivity index (χ2v) is 15.4. The third-order valence-electron chi connectivity index (χ3n) is 10.4. The molecule has 2 rings (SSSR count). The van der Waals surface area contributed by atoms with Crippen molar-refractivity contribution in [1.29, 1.82) is 0 Å². The fraction of sp³-hybridized carbons (Fsp3) is 0.756. The van der Waals surface area contributed by atoms with E-state index in [1.165, 1.54) is 96.3 Å². The SMILES string of the molecule is CC1=C(CCC(C)CCCC(C)CCCC(C)CCCC(C)CCCC(C)CCCC(C)C)C(=O)c2ccccc2C1=O. The summed E-state index contributed by atoms with van der Waals surface area (Å²) in [7, 11) is 0. The van der Waals surface area contributed by atoms with Gasteiger partial charge in [-0.25, -0.2) is 0 Å². The molecule has 0 amide bonds. The number of ketones is 2. The van der Waals surface area contributed by atoms with Crippen molar-refractivity contribution in [3.05, 3.63) is 46.5 Å². The molecule has 0 N–H and O–H groups in total. The first-order valence-corrected chi connectivity index (χ1v) is 18.4. The van der Waals surface area contributed by atoms with Gasteiger partial charge >= 0.3 is 0 Å². The van der Waals surface area contributed by atoms with Gasteiger partial charge in [-0.15, -0.1) is 0 Å². The summed E-state index contributed by atoms with van der Waals surface area (Å²) in [5.74, 6) is 4.97. The van der Waals surface area contributed by atoms with Gasteiger partial charge in [0.1, 0.15) is 0 Å². The summed E-state index contributed by atoms with van der Waals surface area (Å²) in [5, 5.41) is 0. The highest BCUT2D eigenvalue weighted by molar-refractivity contribution is 6.26. The number of hydrogen-bond acceptors (Lipinski definition) is 2. The largest absolute Gasteiger partial charge is 0.289 e. The summed E-state index contributed by atoms with van der Waals surface area (Å²) >= 11 is 0. The second kappa shape index (κ2) is 20.4. The van der Waals surface area contributed by atoms with Crippen molar-refractivity contribution in [1.82, 2.24) is 0 Å². The molecule has 1 aliphatic carbocycles. The molecule has 0 fully saturated rings. The van der Waals surface area contributed by atoms with E-state index in [1.807, 2.05) is 19.1 Å². The van der Waals surface area contributed by atoms with Crippen LogP contribution >= 0.6 is 0 Å². The standard InChI is InChI=1S/C41H68O2/c1-30(2)16-11-17-31(3)18-12-19-32(4)20-13-21-33(5)22-14-23-34(6)24-15-25-35(7)28-29-37-36(8)40(42)38-26-9-10-27-39(38)41(37)43/h9-10,26-27,30-35H,11-25,28-29H2,1-8H3. The molecule has 2 heteroatoms. The van der Waals surface area contributed by atoms with Crippen molar-refractivity contribution in [2.75, 3.05) is 0 Å². The predicted molar refractivity (Wildman–Crippen MR) is 187 cm³/mol. The fourth-order valence-corrected chi connectivity index (χ4v) is 7.10. The molecule has 0 bridgehead atoms. The van der Waals surface area contributed by atoms with Crippen molar-refractivity contribution < 1.29 is 9.59 Å². The first kappa shape index (κ1) is 37.5. The van der Waals surface area contributed by atoms with Gasteiger partial charge in [-0.3, -0.25) is 9.59 Å². The van der Waals surface area contributed by atoms with Gasteiger partial charge in [-0.05, 0) is 55.3 Å². The lowest BCUT2D eigenvalue weighted by atomic mass is 9.81. The second-order valence-electron chi connectivity index (χ2n) is 15.4. The molecule has 5 atom stereocenters. The molecule has 0 aromatic heterocycles. The van der Waals surface area contributed by atoms with Crippen LogP contribution in [0.15, 0.2) is 35.4 Å². The number of rotatable bonds is 23. The average Bonchev–Trinajstić information content (AvgIpc) is 2.95. The van der Waals surface area contributed by atoms with E-state index in [1.54, 1.807) is 12.1 Å². The monoisotopic (exact) mass is 593 g/mol. The molecule has 1 aromatic carbocycles. The Balaban J connectivity index is 1.50. The fourth-order valence-electron chi connectivity index (χ4n) is 7.10. The van der Waals surface area contributed by atoms with Gasteiger partial charge in [0.05, 0.1) is 0 Å². The zero-order chi connectivity index (χ0) is 31.8. The van der Waals surface area contributed by atoms with E-state index >= 15 is 0 Å². The highest BCUT2D eigenvalue weighted by Gasteiger charge is 2.29. The minimum absolute atomic E-state index is 0.0267. The number of fused-ring (bicyclic) bond motifs is 1. The molecule has 0 radical (unpaired) electrons. The molecule has 0 spiro atoms. The molecule has 0 aliphatic heterocycles. The van der Waals surface area contributed by atoms with Gasteiger partial charge in [-0.1, -0.05) is 169 Å². The molecule has 43 heavy (non-hydrogen) atoms. The third kappa shape index (κ3) is 14.3. The van der Waals surface area contributed by atoms with Gasteiger partial charge in [0.15, 0.2) is 11.6 Å². The van der Waals surface area contributed by atoms with E-state index < -0.39 is 0 Å². The normalized spacial score (nSPS) is 17.2. The van der Waals surface area contributed by atoms with E-state index in [4.69, 9.17) is 0 Å². The van der Waals surface area contributed by atoms with Crippen LogP contribution in [-0.4, -0.2) is 11.6 Å². The highest BCUT2D eigenvalue weighted by Crippen LogP contribution is 2.31. The lowest BCUT2D eigenvalue weighted by Gasteiger charge is -2.20. The first-order chi connectivity index (χ1) is 20.5. The lowest BCUT2D eigenvalue weighted by molar-refractivity contribution is 0.0971. The molecular formula is C41H68O2. The summed E-state index contributed by atoms with van der Waals surface area (Å²) in [6, 6.07) is 7.27. The summed E-state index contributed by atoms with van der Waals surface area (Å²) in [4.78, 5) is 25.8. The maximum Gasteiger partial charge on any atom is 0.190 e. The number of benzene rings is 1. The van der Waals surface area contributed by atoms with E-state index in [9.17, 15) is 9.59 Å². The Morgan fingerprint density at radius 2 is 0.791 bits per heavy atom. The summed E-state index contributed by atoms with van der Waals surface area (Å²) in [6.45, 7) is 18.7. The minimum Gasteiger partial charge on any atom is -0.289 e. The van der Waals surface area contributed by atoms with Crippen LogP contribution in [0, 0.1) is 35.5 Å². The molecule has 0 saturated carbocycles. The summed E-state index contributed by atoms with van der Waals surface area (Å²) < 4.78 is 0. The summed E-state index contributed by atoms with van der Waals surface area (Å²) in [5.41, 5.74) is 2.55. The Kier molecular flexibility index (Phi) is 17.7. The third-order valence-corrected chi connectivity index (χ3v) is 10.4. The molecule has 2 nitrogen and oxygen atoms in total. The van der Waals surface area contributed by atoms with Gasteiger partial charge in [-0.2, -0.15) is 0 Å². The van der Waals surface area contributed by atoms with Crippen molar-refractivity contribution in [3.63, 3.8) is 0 Å². The van der Waals surface area contributed by atoms with Gasteiger partial charge in [0.25, 0.3) is 0 Å². The molecule has 1 aromatic rings. The van der Waals surface area contributed by atoms with Gasteiger partial charge < -0.3 is 0 Å². The van der Waals surface area contributed by atoms with Crippen LogP contribution in [0.5, 0.6) is 0 Å². The van der Waals surface area contributed by atoms with Crippen LogP contribution in [-0.2, 0) is 0 Å². The van der Waals surface area contributed by atoms with Crippen molar-refractivity contribution in [3.8, 4) is 0 Å². The van der Waals surface area contributed by atoms with Crippen LogP contribution in [0.25, 0.3) is 0 Å². The molecular weight excluding hydrogens is 524 g/mol. The Hall–Kier alpha value is -1.70. The van der Waals surface area contributed by atoms with E-state index in [0.29, 0.717) is 22.6 Å². The summed E-state index contributed by atoms with van der Waals surface area (Å²) in [6.07, 6.45) is 22.3. The van der Waals surface area contributed by atoms with Gasteiger partial charge in [0, 0.05) is 22.3 Å². The molecule has 0 saturated heterocycles. The Labute approximate surface area is 267 Å². The minimum atomic E-state index is 0.0267. The quantitative estimate of drug-likeness (QED) is 0.127. The van der Waals surface area contributed by atoms with Crippen LogP contribution in [0.4, 0.5) is 0 Å². The van der Waals surface area contributed by atoms with Crippen LogP contribution in [0.1, 0.15) is 185 Å². The van der Waals surface area contributed by atoms with E-state index in [2.05, 4.69) is 48.5 Å². The van der Waals surface area contributed by atoms with Crippen LogP contribution < -0.4 is 0 Å². The topological polar surface area (TPSA) is 34.1 Å². The van der Waals surface area contributed by atoms with Crippen molar-refractivity contribution in [2.24, 2.45) is 35.5 Å². The maximum absolute atomic E-state index is 13.0. The number of carbonyl (C=O) groups excluding carboxylic acids is 2. The maximum atomic E-state index is 13.0. The molecule has 1 aliphatic rings. The van der Waals surface area contributed by atoms with Crippen molar-refractivity contribution in [2.45, 2.75) is 165 Å². The number of carbonyl (C=O) groups is 2. The van der Waals surface area contributed by atoms with Crippen molar-refractivity contribution >= 4 is 11.6 Å². The van der Waals surface area contributed by atoms with Gasteiger partial charge in [0.2, 0.25) is 0 Å². The molecule has 0 heterocycles. The average molecular weight is 593 g/mol. The number of allylic oxidation sites excluding steroid dienone is 2. The first-order valence-electron chi connectivity index (χ1n) is 18.4. The van der Waals surface area contributed by atoms with Crippen LogP contribution in [0.3, 0.4) is 0 Å². The zero-order valence-electron chi connectivity index (χ0n) is 29.6. The Morgan fingerprint density at radius 1 is 0.465 bits per heavy atom. The Bertz CT molecular complexity index is 985. The van der Waals surface area contributed by atoms with E-state index in [0.717, 1.165) is 48.0 Å². The zero-order valence-corrected chi connectivity index (χ0v) is 29.6. The van der Waals surface area contributed by atoms with E-state index in [-0.39, 0.29) is 11.6 Å².